The van der Waals surface area contributed by atoms with E-state index in [4.69, 9.17) is 4.74 Å². The van der Waals surface area contributed by atoms with Gasteiger partial charge in [0.2, 0.25) is 5.91 Å². The van der Waals surface area contributed by atoms with Crippen LogP contribution in [0.3, 0.4) is 0 Å². The fourth-order valence-corrected chi connectivity index (χ4v) is 6.51. The lowest BCUT2D eigenvalue weighted by Crippen LogP contribution is -2.50. The van der Waals surface area contributed by atoms with Crippen LogP contribution in [-0.2, 0) is 20.5 Å². The Labute approximate surface area is 194 Å². The molecule has 33 heavy (non-hydrogen) atoms. The van der Waals surface area contributed by atoms with E-state index in [0.717, 1.165) is 50.9 Å². The largest absolute Gasteiger partial charge is 0.372 e. The minimum Gasteiger partial charge on any atom is -0.372 e. The molecule has 3 aromatic rings. The molecule has 1 unspecified atom stereocenters. The minimum absolute atomic E-state index is 0.172. The van der Waals surface area contributed by atoms with E-state index in [1.165, 1.54) is 16.9 Å². The van der Waals surface area contributed by atoms with Crippen LogP contribution in [0.2, 0.25) is 0 Å². The lowest BCUT2D eigenvalue weighted by molar-refractivity contribution is -0.138. The predicted molar refractivity (Wildman–Crippen MR) is 128 cm³/mol. The van der Waals surface area contributed by atoms with Crippen LogP contribution in [0.4, 0.5) is 5.69 Å². The van der Waals surface area contributed by atoms with Crippen LogP contribution in [0.25, 0.3) is 5.69 Å². The maximum absolute atomic E-state index is 13.5. The number of benzene rings is 2. The number of rotatable bonds is 2. The molecule has 168 valence electrons. The second-order valence-corrected chi connectivity index (χ2v) is 10.4. The summed E-state index contributed by atoms with van der Waals surface area (Å²) in [7, 11) is 0. The molecule has 5 nitrogen and oxygen atoms in total. The number of carbonyl (C=O) groups excluding carboxylic acids is 1. The van der Waals surface area contributed by atoms with E-state index in [1.54, 1.807) is 0 Å². The summed E-state index contributed by atoms with van der Waals surface area (Å²) >= 11 is 0. The number of hydrogen-bond acceptors (Lipinski definition) is 3. The third-order valence-corrected chi connectivity index (χ3v) is 8.47. The first kappa shape index (κ1) is 19.4. The lowest BCUT2D eigenvalue weighted by Gasteiger charge is -2.42. The number of ether oxygens (including phenoxy) is 1. The Morgan fingerprint density at radius 3 is 2.42 bits per heavy atom. The van der Waals surface area contributed by atoms with Gasteiger partial charge in [-0.2, -0.15) is 0 Å². The van der Waals surface area contributed by atoms with Gasteiger partial charge in [0.25, 0.3) is 0 Å². The van der Waals surface area contributed by atoms with Gasteiger partial charge in [-0.05, 0) is 55.5 Å². The van der Waals surface area contributed by atoms with E-state index < -0.39 is 0 Å². The van der Waals surface area contributed by atoms with E-state index >= 15 is 0 Å². The van der Waals surface area contributed by atoms with Crippen LogP contribution < -0.4 is 5.32 Å². The summed E-state index contributed by atoms with van der Waals surface area (Å²) in [5.74, 6) is 0.315. The smallest absolute Gasteiger partial charge is 0.233 e. The molecule has 2 aromatic carbocycles. The summed E-state index contributed by atoms with van der Waals surface area (Å²) in [6.07, 6.45) is 6.82. The third-order valence-electron chi connectivity index (χ3n) is 8.47. The molecule has 1 amide bonds. The maximum Gasteiger partial charge on any atom is 0.233 e. The van der Waals surface area contributed by atoms with Crippen molar-refractivity contribution in [1.29, 1.82) is 0 Å². The van der Waals surface area contributed by atoms with Crippen LogP contribution >= 0.6 is 0 Å². The van der Waals surface area contributed by atoms with Crippen molar-refractivity contribution >= 4 is 11.6 Å². The van der Waals surface area contributed by atoms with Crippen LogP contribution in [0.1, 0.15) is 43.4 Å². The summed E-state index contributed by atoms with van der Waals surface area (Å²) in [6.45, 7) is 2.22. The highest BCUT2D eigenvalue weighted by molar-refractivity contribution is 5.91. The van der Waals surface area contributed by atoms with Crippen LogP contribution in [0.5, 0.6) is 0 Å². The number of piperidine rings is 1. The van der Waals surface area contributed by atoms with E-state index in [-0.39, 0.29) is 16.6 Å². The van der Waals surface area contributed by atoms with Crippen molar-refractivity contribution in [2.24, 2.45) is 0 Å². The number of carbonyl (C=O) groups is 1. The van der Waals surface area contributed by atoms with Gasteiger partial charge >= 0.3 is 0 Å². The summed E-state index contributed by atoms with van der Waals surface area (Å²) in [5.41, 5.74) is 4.14. The molecule has 1 atom stereocenters. The van der Waals surface area contributed by atoms with Gasteiger partial charge in [-0.1, -0.05) is 42.5 Å². The normalized spacial score (nSPS) is 26.0. The average Bonchev–Trinajstić information content (AvgIpc) is 3.38. The second kappa shape index (κ2) is 6.73. The molecule has 1 aromatic heterocycles. The van der Waals surface area contributed by atoms with Crippen molar-refractivity contribution < 1.29 is 9.53 Å². The van der Waals surface area contributed by atoms with Crippen molar-refractivity contribution in [2.75, 3.05) is 25.0 Å². The molecule has 0 bridgehead atoms. The van der Waals surface area contributed by atoms with Gasteiger partial charge in [0.1, 0.15) is 5.54 Å². The summed E-state index contributed by atoms with van der Waals surface area (Å²) in [4.78, 5) is 15.6. The van der Waals surface area contributed by atoms with Crippen molar-refractivity contribution in [2.45, 2.75) is 48.7 Å². The highest BCUT2D eigenvalue weighted by Crippen LogP contribution is 2.52. The quantitative estimate of drug-likeness (QED) is 0.634. The van der Waals surface area contributed by atoms with E-state index in [1.807, 2.05) is 18.2 Å². The van der Waals surface area contributed by atoms with Crippen molar-refractivity contribution in [1.82, 2.24) is 9.47 Å². The molecule has 3 fully saturated rings. The van der Waals surface area contributed by atoms with Gasteiger partial charge in [0.05, 0.1) is 34.7 Å². The van der Waals surface area contributed by atoms with Crippen molar-refractivity contribution in [3.8, 4) is 5.69 Å². The molecular weight excluding hydrogens is 410 g/mol. The van der Waals surface area contributed by atoms with Gasteiger partial charge < -0.3 is 19.5 Å². The number of para-hydroxylation sites is 2. The van der Waals surface area contributed by atoms with Gasteiger partial charge in [-0.25, -0.2) is 0 Å². The molecule has 5 heteroatoms. The Balaban J connectivity index is 1.11. The number of anilines is 1. The molecule has 0 radical (unpaired) electrons. The molecule has 3 aliphatic heterocycles. The molecule has 2 spiro atoms. The van der Waals surface area contributed by atoms with Gasteiger partial charge in [-0.3, -0.25) is 4.79 Å². The van der Waals surface area contributed by atoms with Crippen LogP contribution in [0, 0.1) is 0 Å². The van der Waals surface area contributed by atoms with Gasteiger partial charge in [-0.15, -0.1) is 0 Å². The Morgan fingerprint density at radius 1 is 0.879 bits per heavy atom. The first-order chi connectivity index (χ1) is 16.1. The molecule has 1 aliphatic carbocycles. The molecular formula is C28H29N3O2. The van der Waals surface area contributed by atoms with Crippen LogP contribution in [0.15, 0.2) is 72.9 Å². The molecule has 2 saturated heterocycles. The minimum atomic E-state index is -0.279. The number of nitrogens with one attached hydrogen (secondary N) is 1. The number of hydrogen-bond donors (Lipinski definition) is 1. The number of amides is 1. The maximum atomic E-state index is 13.5. The van der Waals surface area contributed by atoms with Gasteiger partial charge in [0.15, 0.2) is 0 Å². The zero-order valence-corrected chi connectivity index (χ0v) is 18.8. The number of nitrogens with zero attached hydrogens (tertiary/aromatic N) is 2. The standard InChI is InChI=1S/C28H29N3O2/c32-25(27(12-13-27)21-7-2-1-3-8-21)30-17-14-26(15-18-30)19-28(20-33-26)24-11-6-16-31(24)23-10-5-4-9-22(23)29-28/h1-11,16,29H,12-15,17-20H2. The van der Waals surface area contributed by atoms with E-state index in [0.29, 0.717) is 12.5 Å². The average molecular weight is 440 g/mol. The number of likely N-dealkylation sites (tertiary alicyclic amines) is 1. The molecule has 4 aliphatic rings. The van der Waals surface area contributed by atoms with Crippen molar-refractivity contribution in [3.05, 3.63) is 84.2 Å². The number of aromatic nitrogens is 1. The first-order valence-corrected chi connectivity index (χ1v) is 12.2. The number of fused-ring (bicyclic) bond motifs is 4. The highest BCUT2D eigenvalue weighted by atomic mass is 16.5. The molecule has 1 saturated carbocycles. The lowest BCUT2D eigenvalue weighted by atomic mass is 9.79. The topological polar surface area (TPSA) is 46.5 Å². The summed E-state index contributed by atoms with van der Waals surface area (Å²) < 4.78 is 8.93. The summed E-state index contributed by atoms with van der Waals surface area (Å²) in [5, 5.41) is 3.85. The summed E-state index contributed by atoms with van der Waals surface area (Å²) in [6, 6.07) is 23.2. The zero-order chi connectivity index (χ0) is 22.1. The highest BCUT2D eigenvalue weighted by Gasteiger charge is 2.57. The third kappa shape index (κ3) is 2.78. The Kier molecular flexibility index (Phi) is 3.96. The molecule has 1 N–H and O–H groups in total. The molecule has 7 rings (SSSR count). The monoisotopic (exact) mass is 439 g/mol. The molecule has 4 heterocycles. The van der Waals surface area contributed by atoms with E-state index in [9.17, 15) is 4.79 Å². The first-order valence-electron chi connectivity index (χ1n) is 12.2. The van der Waals surface area contributed by atoms with Crippen LogP contribution in [-0.4, -0.2) is 40.7 Å². The predicted octanol–water partition coefficient (Wildman–Crippen LogP) is 4.61. The fourth-order valence-electron chi connectivity index (χ4n) is 6.51. The SMILES string of the molecule is O=C(N1CCC2(CC1)CC1(CO2)Nc2ccccc2-n2cccc21)C1(c2ccccc2)CC1. The van der Waals surface area contributed by atoms with E-state index in [2.05, 4.69) is 69.5 Å². The Morgan fingerprint density at radius 2 is 1.64 bits per heavy atom. The second-order valence-electron chi connectivity index (χ2n) is 10.4. The van der Waals surface area contributed by atoms with Crippen molar-refractivity contribution in [3.63, 3.8) is 0 Å². The Bertz CT molecular complexity index is 1220. The fraction of sp³-hybridized carbons (Fsp3) is 0.393. The Hall–Kier alpha value is -3.05. The zero-order valence-electron chi connectivity index (χ0n) is 18.8. The van der Waals surface area contributed by atoms with Gasteiger partial charge in [0, 0.05) is 25.7 Å².